The number of aromatic nitrogens is 3. The van der Waals surface area contributed by atoms with Crippen LogP contribution in [0.1, 0.15) is 33.1 Å². The molecule has 23 heavy (non-hydrogen) atoms. The van der Waals surface area contributed by atoms with Crippen LogP contribution in [-0.4, -0.2) is 43.4 Å². The Morgan fingerprint density at radius 3 is 2.74 bits per heavy atom. The fourth-order valence-corrected chi connectivity index (χ4v) is 3.95. The Morgan fingerprint density at radius 1 is 1.35 bits per heavy atom. The van der Waals surface area contributed by atoms with Gasteiger partial charge in [0.15, 0.2) is 16.7 Å². The van der Waals surface area contributed by atoms with Gasteiger partial charge >= 0.3 is 0 Å². The highest BCUT2D eigenvalue weighted by Crippen LogP contribution is 2.26. The van der Waals surface area contributed by atoms with E-state index in [9.17, 15) is 4.79 Å². The Morgan fingerprint density at radius 2 is 2.09 bits per heavy atom. The number of hydrogen-bond donors (Lipinski definition) is 0. The number of rotatable bonds is 4. The Labute approximate surface area is 140 Å². The maximum Gasteiger partial charge on any atom is 0.233 e. The van der Waals surface area contributed by atoms with Crippen LogP contribution in [0, 0.1) is 0 Å². The molecule has 0 unspecified atom stereocenters. The molecule has 3 rings (SSSR count). The minimum absolute atomic E-state index is 0.178. The molecular weight excluding hydrogens is 312 g/mol. The fraction of sp³-hybridized carbons (Fsp3) is 0.562. The van der Waals surface area contributed by atoms with Gasteiger partial charge in [0.05, 0.1) is 12.0 Å². The number of hydrogen-bond acceptors (Lipinski definition) is 5. The summed E-state index contributed by atoms with van der Waals surface area (Å²) < 4.78 is 7.22. The zero-order chi connectivity index (χ0) is 16.4. The minimum Gasteiger partial charge on any atom is -0.461 e. The normalized spacial score (nSPS) is 21.6. The average Bonchev–Trinajstić information content (AvgIpc) is 3.14. The van der Waals surface area contributed by atoms with E-state index in [1.165, 1.54) is 18.2 Å². The summed E-state index contributed by atoms with van der Waals surface area (Å²) in [6, 6.07) is 4.32. The van der Waals surface area contributed by atoms with Crippen molar-refractivity contribution in [1.29, 1.82) is 0 Å². The standard InChI is InChI=1S/C16H22N4O2S/c1-11-6-4-7-12(2)20(11)14(21)10-23-16-18-17-15(19(16)3)13-8-5-9-22-13/h5,8-9,11-12H,4,6-7,10H2,1-3H3/t11-,12+. The Hall–Kier alpha value is -1.76. The van der Waals surface area contributed by atoms with E-state index in [-0.39, 0.29) is 5.91 Å². The van der Waals surface area contributed by atoms with Gasteiger partial charge in [-0.2, -0.15) is 0 Å². The third-order valence-corrected chi connectivity index (χ3v) is 5.39. The van der Waals surface area contributed by atoms with Crippen LogP contribution in [0.5, 0.6) is 0 Å². The molecule has 0 radical (unpaired) electrons. The molecule has 0 saturated carbocycles. The number of thioether (sulfide) groups is 1. The van der Waals surface area contributed by atoms with Crippen molar-refractivity contribution in [3.63, 3.8) is 0 Å². The predicted octanol–water partition coefficient (Wildman–Crippen LogP) is 2.96. The van der Waals surface area contributed by atoms with Gasteiger partial charge in [0.2, 0.25) is 5.91 Å². The summed E-state index contributed by atoms with van der Waals surface area (Å²) >= 11 is 1.43. The number of carbonyl (C=O) groups excluding carboxylic acids is 1. The molecule has 1 aliphatic heterocycles. The highest BCUT2D eigenvalue weighted by atomic mass is 32.2. The molecule has 0 bridgehead atoms. The molecule has 2 atom stereocenters. The van der Waals surface area contributed by atoms with E-state index in [2.05, 4.69) is 24.0 Å². The molecule has 0 aliphatic carbocycles. The largest absolute Gasteiger partial charge is 0.461 e. The van der Waals surface area contributed by atoms with Crippen molar-refractivity contribution in [2.45, 2.75) is 50.4 Å². The lowest BCUT2D eigenvalue weighted by Crippen LogP contribution is -2.48. The van der Waals surface area contributed by atoms with E-state index in [1.54, 1.807) is 6.26 Å². The SMILES string of the molecule is C[C@@H]1CCC[C@H](C)N1C(=O)CSc1nnc(-c2ccco2)n1C. The summed E-state index contributed by atoms with van der Waals surface area (Å²) in [6.45, 7) is 4.27. The quantitative estimate of drug-likeness (QED) is 0.804. The lowest BCUT2D eigenvalue weighted by atomic mass is 9.98. The average molecular weight is 334 g/mol. The minimum atomic E-state index is 0.178. The van der Waals surface area contributed by atoms with Gasteiger partial charge in [0.25, 0.3) is 0 Å². The van der Waals surface area contributed by atoms with E-state index in [0.717, 1.165) is 18.0 Å². The third kappa shape index (κ3) is 3.29. The number of piperidine rings is 1. The van der Waals surface area contributed by atoms with Gasteiger partial charge in [0.1, 0.15) is 0 Å². The molecule has 0 N–H and O–H groups in total. The van der Waals surface area contributed by atoms with Gasteiger partial charge in [0, 0.05) is 19.1 Å². The molecule has 0 spiro atoms. The molecule has 7 heteroatoms. The van der Waals surface area contributed by atoms with Gasteiger partial charge < -0.3 is 13.9 Å². The number of nitrogens with zero attached hydrogens (tertiary/aromatic N) is 4. The van der Waals surface area contributed by atoms with Crippen molar-refractivity contribution in [1.82, 2.24) is 19.7 Å². The Kier molecular flexibility index (Phi) is 4.75. The van der Waals surface area contributed by atoms with E-state index < -0.39 is 0 Å². The van der Waals surface area contributed by atoms with Crippen molar-refractivity contribution >= 4 is 17.7 Å². The number of amides is 1. The molecule has 2 aromatic heterocycles. The van der Waals surface area contributed by atoms with E-state index in [1.807, 2.05) is 28.6 Å². The maximum absolute atomic E-state index is 12.6. The second-order valence-corrected chi connectivity index (χ2v) is 7.00. The zero-order valence-electron chi connectivity index (χ0n) is 13.7. The molecule has 1 amide bonds. The summed E-state index contributed by atoms with van der Waals surface area (Å²) in [7, 11) is 1.89. The summed E-state index contributed by atoms with van der Waals surface area (Å²) in [5, 5.41) is 9.05. The molecule has 0 aromatic carbocycles. The van der Waals surface area contributed by atoms with Crippen molar-refractivity contribution in [3.05, 3.63) is 18.4 Å². The van der Waals surface area contributed by atoms with Gasteiger partial charge in [-0.1, -0.05) is 11.8 Å². The summed E-state index contributed by atoms with van der Waals surface area (Å²) in [5.41, 5.74) is 0. The molecule has 124 valence electrons. The van der Waals surface area contributed by atoms with E-state index in [0.29, 0.717) is 29.4 Å². The lowest BCUT2D eigenvalue weighted by molar-refractivity contribution is -0.134. The zero-order valence-corrected chi connectivity index (χ0v) is 14.5. The van der Waals surface area contributed by atoms with Crippen molar-refractivity contribution in [3.8, 4) is 11.6 Å². The maximum atomic E-state index is 12.6. The number of likely N-dealkylation sites (tertiary alicyclic amines) is 1. The summed E-state index contributed by atoms with van der Waals surface area (Å²) in [4.78, 5) is 14.6. The number of furan rings is 1. The first-order valence-corrected chi connectivity index (χ1v) is 8.93. The van der Waals surface area contributed by atoms with Crippen LogP contribution in [0.4, 0.5) is 0 Å². The van der Waals surface area contributed by atoms with Crippen molar-refractivity contribution < 1.29 is 9.21 Å². The highest BCUT2D eigenvalue weighted by Gasteiger charge is 2.29. The molecule has 1 aliphatic rings. The monoisotopic (exact) mass is 334 g/mol. The molecule has 6 nitrogen and oxygen atoms in total. The van der Waals surface area contributed by atoms with Crippen molar-refractivity contribution in [2.75, 3.05) is 5.75 Å². The van der Waals surface area contributed by atoms with Crippen LogP contribution in [0.25, 0.3) is 11.6 Å². The first-order valence-electron chi connectivity index (χ1n) is 7.95. The summed E-state index contributed by atoms with van der Waals surface area (Å²) in [6.07, 6.45) is 5.00. The molecular formula is C16H22N4O2S. The highest BCUT2D eigenvalue weighted by molar-refractivity contribution is 7.99. The smallest absolute Gasteiger partial charge is 0.233 e. The first-order chi connectivity index (χ1) is 11.1. The molecule has 1 saturated heterocycles. The van der Waals surface area contributed by atoms with E-state index in [4.69, 9.17) is 4.42 Å². The fourth-order valence-electron chi connectivity index (χ4n) is 3.17. The van der Waals surface area contributed by atoms with Gasteiger partial charge in [-0.05, 0) is 45.2 Å². The second kappa shape index (κ2) is 6.78. The molecule has 3 heterocycles. The summed E-state index contributed by atoms with van der Waals surface area (Å²) in [5.74, 6) is 1.91. The Balaban J connectivity index is 1.65. The van der Waals surface area contributed by atoms with E-state index >= 15 is 0 Å². The van der Waals surface area contributed by atoms with Gasteiger partial charge in [-0.3, -0.25) is 4.79 Å². The topological polar surface area (TPSA) is 64.2 Å². The van der Waals surface area contributed by atoms with Crippen LogP contribution in [0.3, 0.4) is 0 Å². The second-order valence-electron chi connectivity index (χ2n) is 6.06. The van der Waals surface area contributed by atoms with Crippen LogP contribution in [0.2, 0.25) is 0 Å². The van der Waals surface area contributed by atoms with Crippen LogP contribution in [-0.2, 0) is 11.8 Å². The van der Waals surface area contributed by atoms with Crippen LogP contribution < -0.4 is 0 Å². The first kappa shape index (κ1) is 16.1. The van der Waals surface area contributed by atoms with Crippen LogP contribution in [0.15, 0.2) is 28.0 Å². The third-order valence-electron chi connectivity index (χ3n) is 4.38. The van der Waals surface area contributed by atoms with Gasteiger partial charge in [-0.15, -0.1) is 10.2 Å². The Bertz CT molecular complexity index is 658. The number of carbonyl (C=O) groups is 1. The predicted molar refractivity (Wildman–Crippen MR) is 89.1 cm³/mol. The molecule has 2 aromatic rings. The lowest BCUT2D eigenvalue weighted by Gasteiger charge is -2.39. The van der Waals surface area contributed by atoms with Crippen molar-refractivity contribution in [2.24, 2.45) is 7.05 Å². The molecule has 1 fully saturated rings. The van der Waals surface area contributed by atoms with Gasteiger partial charge in [-0.25, -0.2) is 0 Å². The van der Waals surface area contributed by atoms with Crippen LogP contribution >= 0.6 is 11.8 Å².